The number of methoxy groups -OCH3 is 1. The predicted molar refractivity (Wildman–Crippen MR) is 122 cm³/mol. The van der Waals surface area contributed by atoms with Crippen molar-refractivity contribution in [3.63, 3.8) is 0 Å². The molecular weight excluding hydrogens is 414 g/mol. The van der Waals surface area contributed by atoms with Crippen molar-refractivity contribution in [2.45, 2.75) is 51.8 Å². The van der Waals surface area contributed by atoms with E-state index in [0.717, 1.165) is 0 Å². The van der Waals surface area contributed by atoms with Crippen LogP contribution in [0.2, 0.25) is 0 Å². The summed E-state index contributed by atoms with van der Waals surface area (Å²) in [6.07, 6.45) is -0.905. The minimum absolute atomic E-state index is 0.0761. The number of hydrogen-bond donors (Lipinski definition) is 3. The molecule has 1 heterocycles. The molecule has 0 bridgehead atoms. The van der Waals surface area contributed by atoms with E-state index in [4.69, 9.17) is 15.2 Å². The number of aliphatic hydroxyl groups excluding tert-OH is 1. The Morgan fingerprint density at radius 1 is 1.28 bits per heavy atom. The molecule has 0 aromatic heterocycles. The maximum absolute atomic E-state index is 13.0. The van der Waals surface area contributed by atoms with Crippen LogP contribution in [-0.2, 0) is 14.3 Å². The largest absolute Gasteiger partial charge is 0.481 e. The summed E-state index contributed by atoms with van der Waals surface area (Å²) in [6.45, 7) is 8.54. The summed E-state index contributed by atoms with van der Waals surface area (Å²) in [5.41, 5.74) is 6.49. The average Bonchev–Trinajstić information content (AvgIpc) is 2.72. The molecule has 0 aliphatic carbocycles. The van der Waals surface area contributed by atoms with Crippen LogP contribution in [-0.4, -0.2) is 78.2 Å². The lowest BCUT2D eigenvalue weighted by atomic mass is 9.87. The first kappa shape index (κ1) is 26.1. The minimum Gasteiger partial charge on any atom is -0.481 e. The van der Waals surface area contributed by atoms with Crippen LogP contribution in [0, 0.1) is 11.8 Å². The Morgan fingerprint density at radius 2 is 1.94 bits per heavy atom. The number of anilines is 1. The van der Waals surface area contributed by atoms with E-state index in [1.807, 2.05) is 50.8 Å². The van der Waals surface area contributed by atoms with Gasteiger partial charge in [-0.05, 0) is 38.3 Å². The highest BCUT2D eigenvalue weighted by molar-refractivity contribution is 5.97. The molecule has 2 rings (SSSR count). The fourth-order valence-electron chi connectivity index (χ4n) is 3.96. The summed E-state index contributed by atoms with van der Waals surface area (Å²) in [5.74, 6) is -1.27. The number of hydrogen-bond acceptors (Lipinski definition) is 7. The van der Waals surface area contributed by atoms with Crippen molar-refractivity contribution in [1.82, 2.24) is 4.90 Å². The molecule has 3 atom stereocenters. The zero-order chi connectivity index (χ0) is 24.1. The van der Waals surface area contributed by atoms with Gasteiger partial charge in [0.15, 0.2) is 6.79 Å². The van der Waals surface area contributed by atoms with Crippen LogP contribution in [0.5, 0.6) is 5.75 Å². The van der Waals surface area contributed by atoms with E-state index < -0.39 is 29.6 Å². The number of carboxylic acids is 1. The summed E-state index contributed by atoms with van der Waals surface area (Å²) in [4.78, 5) is 28.2. The number of carboxylic acid groups (broad SMARTS) is 1. The van der Waals surface area contributed by atoms with Gasteiger partial charge < -0.3 is 30.3 Å². The number of carbonyl (C=O) groups excluding carboxylic acids is 1. The molecule has 9 nitrogen and oxygen atoms in total. The van der Waals surface area contributed by atoms with Gasteiger partial charge in [0, 0.05) is 31.8 Å². The molecule has 0 radical (unpaired) electrons. The standard InChI is InChI=1S/C23H37N3O6/c1-15(2)16(22(29)30)10-19(27)17(24)11-25-12-21(28)26(13-23(25,3)4)18-8-6-7-9-20(18)32-14-31-5/h6-9,15-17,19,27H,10-14,24H2,1-5H3,(H,29,30). The number of nitrogens with two attached hydrogens (primary N) is 1. The zero-order valence-electron chi connectivity index (χ0n) is 19.7. The second-order valence-electron chi connectivity index (χ2n) is 9.35. The van der Waals surface area contributed by atoms with Crippen molar-refractivity contribution in [2.75, 3.05) is 38.4 Å². The Morgan fingerprint density at radius 3 is 2.53 bits per heavy atom. The van der Waals surface area contributed by atoms with E-state index in [0.29, 0.717) is 18.0 Å². The maximum Gasteiger partial charge on any atom is 0.306 e. The molecule has 1 saturated heterocycles. The highest BCUT2D eigenvalue weighted by Crippen LogP contribution is 2.33. The van der Waals surface area contributed by atoms with Gasteiger partial charge in [0.05, 0.1) is 24.3 Å². The minimum atomic E-state index is -0.981. The maximum atomic E-state index is 13.0. The fourth-order valence-corrected chi connectivity index (χ4v) is 3.96. The Bertz CT molecular complexity index is 785. The molecule has 9 heteroatoms. The molecule has 0 saturated carbocycles. The van der Waals surface area contributed by atoms with Crippen LogP contribution in [0.15, 0.2) is 24.3 Å². The SMILES string of the molecule is COCOc1ccccc1N1CC(C)(C)N(CC(N)C(O)CC(C(=O)O)C(C)C)CC1=O. The number of para-hydroxylation sites is 2. The Kier molecular flexibility index (Phi) is 9.03. The Balaban J connectivity index is 2.10. The van der Waals surface area contributed by atoms with Crippen molar-refractivity contribution in [3.05, 3.63) is 24.3 Å². The van der Waals surface area contributed by atoms with Gasteiger partial charge in [0.25, 0.3) is 0 Å². The third-order valence-corrected chi connectivity index (χ3v) is 6.06. The number of carbonyl (C=O) groups is 2. The molecule has 4 N–H and O–H groups in total. The van der Waals surface area contributed by atoms with Crippen LogP contribution in [0.4, 0.5) is 5.69 Å². The van der Waals surface area contributed by atoms with Gasteiger partial charge in [-0.25, -0.2) is 0 Å². The number of nitrogens with zero attached hydrogens (tertiary/aromatic N) is 2. The molecule has 1 amide bonds. The van der Waals surface area contributed by atoms with Crippen LogP contribution >= 0.6 is 0 Å². The van der Waals surface area contributed by atoms with Crippen molar-refractivity contribution in [3.8, 4) is 5.75 Å². The molecule has 0 spiro atoms. The first-order valence-electron chi connectivity index (χ1n) is 10.9. The fraction of sp³-hybridized carbons (Fsp3) is 0.652. The van der Waals surface area contributed by atoms with Gasteiger partial charge in [0.2, 0.25) is 5.91 Å². The van der Waals surface area contributed by atoms with E-state index in [-0.39, 0.29) is 38.1 Å². The second kappa shape index (κ2) is 11.1. The number of aliphatic carboxylic acids is 1. The number of benzene rings is 1. The summed E-state index contributed by atoms with van der Waals surface area (Å²) < 4.78 is 10.6. The average molecular weight is 452 g/mol. The van der Waals surface area contributed by atoms with Crippen molar-refractivity contribution < 1.29 is 29.3 Å². The highest BCUT2D eigenvalue weighted by Gasteiger charge is 2.40. The molecule has 1 aliphatic heterocycles. The molecule has 1 aromatic rings. The van der Waals surface area contributed by atoms with Crippen molar-refractivity contribution >= 4 is 17.6 Å². The smallest absolute Gasteiger partial charge is 0.306 e. The normalized spacial score (nSPS) is 19.6. The molecular formula is C23H37N3O6. The summed E-state index contributed by atoms with van der Waals surface area (Å²) in [6, 6.07) is 6.64. The van der Waals surface area contributed by atoms with E-state index in [1.165, 1.54) is 7.11 Å². The third-order valence-electron chi connectivity index (χ3n) is 6.06. The van der Waals surface area contributed by atoms with Crippen LogP contribution in [0.25, 0.3) is 0 Å². The van der Waals surface area contributed by atoms with Gasteiger partial charge in [-0.2, -0.15) is 0 Å². The third kappa shape index (κ3) is 6.41. The number of aliphatic hydroxyl groups is 1. The Labute approximate surface area is 190 Å². The predicted octanol–water partition coefficient (Wildman–Crippen LogP) is 1.53. The molecule has 1 aliphatic rings. The first-order valence-corrected chi connectivity index (χ1v) is 10.9. The van der Waals surface area contributed by atoms with Gasteiger partial charge in [-0.1, -0.05) is 26.0 Å². The number of amides is 1. The lowest BCUT2D eigenvalue weighted by Gasteiger charge is -2.47. The summed E-state index contributed by atoms with van der Waals surface area (Å²) in [5, 5.41) is 20.0. The molecule has 3 unspecified atom stereocenters. The van der Waals surface area contributed by atoms with E-state index in [2.05, 4.69) is 0 Å². The van der Waals surface area contributed by atoms with Crippen molar-refractivity contribution in [1.29, 1.82) is 0 Å². The highest BCUT2D eigenvalue weighted by atomic mass is 16.7. The zero-order valence-corrected chi connectivity index (χ0v) is 19.7. The number of rotatable bonds is 11. The summed E-state index contributed by atoms with van der Waals surface area (Å²) >= 11 is 0. The molecule has 180 valence electrons. The molecule has 1 aromatic carbocycles. The lowest BCUT2D eigenvalue weighted by Crippen LogP contribution is -2.64. The Hall–Kier alpha value is -2.20. The first-order chi connectivity index (χ1) is 15.0. The van der Waals surface area contributed by atoms with E-state index >= 15 is 0 Å². The van der Waals surface area contributed by atoms with Crippen LogP contribution in [0.3, 0.4) is 0 Å². The van der Waals surface area contributed by atoms with Crippen molar-refractivity contribution in [2.24, 2.45) is 17.6 Å². The summed E-state index contributed by atoms with van der Waals surface area (Å²) in [7, 11) is 1.53. The quantitative estimate of drug-likeness (QED) is 0.433. The van der Waals surface area contributed by atoms with Gasteiger partial charge >= 0.3 is 5.97 Å². The van der Waals surface area contributed by atoms with Crippen LogP contribution < -0.4 is 15.4 Å². The van der Waals surface area contributed by atoms with Gasteiger partial charge in [-0.3, -0.25) is 14.5 Å². The number of ether oxygens (including phenoxy) is 2. The molecule has 1 fully saturated rings. The monoisotopic (exact) mass is 451 g/mol. The lowest BCUT2D eigenvalue weighted by molar-refractivity contribution is -0.144. The van der Waals surface area contributed by atoms with E-state index in [9.17, 15) is 19.8 Å². The number of piperazine rings is 1. The molecule has 32 heavy (non-hydrogen) atoms. The second-order valence-corrected chi connectivity index (χ2v) is 9.35. The van der Waals surface area contributed by atoms with Gasteiger partial charge in [-0.15, -0.1) is 0 Å². The van der Waals surface area contributed by atoms with E-state index in [1.54, 1.807) is 11.0 Å². The van der Waals surface area contributed by atoms with Gasteiger partial charge in [0.1, 0.15) is 5.75 Å². The topological polar surface area (TPSA) is 126 Å². The van der Waals surface area contributed by atoms with Crippen LogP contribution in [0.1, 0.15) is 34.1 Å².